The molecule has 0 fully saturated rings. The highest BCUT2D eigenvalue weighted by atomic mass is 32.2. The van der Waals surface area contributed by atoms with Gasteiger partial charge in [-0.05, 0) is 36.4 Å². The molecular formula is C14H15NO4S2. The van der Waals surface area contributed by atoms with Crippen LogP contribution in [-0.2, 0) is 19.9 Å². The molecule has 2 aromatic rings. The third-order valence-corrected chi connectivity index (χ3v) is 5.96. The molecule has 0 aliphatic carbocycles. The molecule has 0 saturated heterocycles. The van der Waals surface area contributed by atoms with Crippen molar-refractivity contribution in [2.24, 2.45) is 0 Å². The molecule has 0 unspecified atom stereocenters. The van der Waals surface area contributed by atoms with Crippen LogP contribution in [0.4, 0.5) is 5.69 Å². The quantitative estimate of drug-likeness (QED) is 0.861. The van der Waals surface area contributed by atoms with E-state index in [0.29, 0.717) is 5.69 Å². The summed E-state index contributed by atoms with van der Waals surface area (Å²) in [7, 11) is -5.61. The average molecular weight is 325 g/mol. The van der Waals surface area contributed by atoms with Gasteiger partial charge in [0.25, 0.3) is 10.0 Å². The van der Waals surface area contributed by atoms with Crippen LogP contribution in [0, 0.1) is 0 Å². The Balaban J connectivity index is 2.41. The molecule has 2 rings (SSSR count). The maximum Gasteiger partial charge on any atom is 0.264 e. The molecule has 21 heavy (non-hydrogen) atoms. The second-order valence-corrected chi connectivity index (χ2v) is 8.54. The average Bonchev–Trinajstić information content (AvgIpc) is 2.46. The number of sulfone groups is 1. The number of anilines is 1. The van der Waals surface area contributed by atoms with Gasteiger partial charge in [-0.3, -0.25) is 4.31 Å². The minimum atomic E-state index is -3.72. The van der Waals surface area contributed by atoms with E-state index in [-0.39, 0.29) is 9.79 Å². The molecular weight excluding hydrogens is 310 g/mol. The highest BCUT2D eigenvalue weighted by Gasteiger charge is 2.21. The van der Waals surface area contributed by atoms with Crippen LogP contribution in [0.25, 0.3) is 0 Å². The monoisotopic (exact) mass is 325 g/mol. The number of para-hydroxylation sites is 1. The number of rotatable bonds is 4. The first kappa shape index (κ1) is 15.5. The summed E-state index contributed by atoms with van der Waals surface area (Å²) in [5.74, 6) is 0. The Hall–Kier alpha value is -1.86. The zero-order valence-electron chi connectivity index (χ0n) is 11.6. The lowest BCUT2D eigenvalue weighted by atomic mass is 10.3. The second kappa shape index (κ2) is 5.50. The van der Waals surface area contributed by atoms with Crippen molar-refractivity contribution in [2.45, 2.75) is 9.79 Å². The Kier molecular flexibility index (Phi) is 4.06. The highest BCUT2D eigenvalue weighted by molar-refractivity contribution is 7.92. The van der Waals surface area contributed by atoms with Crippen molar-refractivity contribution in [1.29, 1.82) is 0 Å². The van der Waals surface area contributed by atoms with Crippen LogP contribution in [-0.4, -0.2) is 30.1 Å². The number of sulfonamides is 1. The molecule has 0 spiro atoms. The summed E-state index contributed by atoms with van der Waals surface area (Å²) in [4.78, 5) is 0.130. The third kappa shape index (κ3) is 3.25. The number of benzene rings is 2. The van der Waals surface area contributed by atoms with Crippen LogP contribution in [0.3, 0.4) is 0 Å². The van der Waals surface area contributed by atoms with Crippen LogP contribution >= 0.6 is 0 Å². The van der Waals surface area contributed by atoms with E-state index in [2.05, 4.69) is 0 Å². The zero-order chi connectivity index (χ0) is 15.7. The van der Waals surface area contributed by atoms with Crippen molar-refractivity contribution in [3.63, 3.8) is 0 Å². The summed E-state index contributed by atoms with van der Waals surface area (Å²) < 4.78 is 48.9. The first-order valence-corrected chi connectivity index (χ1v) is 9.40. The Bertz CT molecular complexity index is 826. The molecule has 0 bridgehead atoms. The molecule has 0 aliphatic heterocycles. The van der Waals surface area contributed by atoms with Gasteiger partial charge in [0.1, 0.15) is 0 Å². The summed E-state index contributed by atoms with van der Waals surface area (Å²) in [5.41, 5.74) is 0.532. The van der Waals surface area contributed by atoms with Crippen LogP contribution in [0.1, 0.15) is 0 Å². The van der Waals surface area contributed by atoms with Crippen molar-refractivity contribution in [3.8, 4) is 0 Å². The van der Waals surface area contributed by atoms with Gasteiger partial charge in [-0.25, -0.2) is 16.8 Å². The summed E-state index contributed by atoms with van der Waals surface area (Å²) in [6.45, 7) is 0. The van der Waals surface area contributed by atoms with Crippen molar-refractivity contribution in [1.82, 2.24) is 0 Å². The molecule has 0 N–H and O–H groups in total. The molecule has 5 nitrogen and oxygen atoms in total. The number of hydrogen-bond acceptors (Lipinski definition) is 4. The van der Waals surface area contributed by atoms with Gasteiger partial charge < -0.3 is 0 Å². The van der Waals surface area contributed by atoms with E-state index in [1.54, 1.807) is 30.3 Å². The maximum absolute atomic E-state index is 12.5. The van der Waals surface area contributed by atoms with E-state index in [4.69, 9.17) is 0 Å². The van der Waals surface area contributed by atoms with Gasteiger partial charge in [0, 0.05) is 13.3 Å². The summed E-state index contributed by atoms with van der Waals surface area (Å²) >= 11 is 0. The normalized spacial score (nSPS) is 12.1. The maximum atomic E-state index is 12.5. The molecule has 0 saturated carbocycles. The topological polar surface area (TPSA) is 71.5 Å². The summed E-state index contributed by atoms with van der Waals surface area (Å²) in [6.07, 6.45) is 1.08. The minimum absolute atomic E-state index is 0.0428. The van der Waals surface area contributed by atoms with Gasteiger partial charge in [-0.2, -0.15) is 0 Å². The van der Waals surface area contributed by atoms with Gasteiger partial charge in [-0.1, -0.05) is 18.2 Å². The van der Waals surface area contributed by atoms with Crippen LogP contribution in [0.2, 0.25) is 0 Å². The lowest BCUT2D eigenvalue weighted by molar-refractivity contribution is 0.593. The fourth-order valence-electron chi connectivity index (χ4n) is 1.79. The summed E-state index contributed by atoms with van der Waals surface area (Å²) in [5, 5.41) is 0. The van der Waals surface area contributed by atoms with Crippen molar-refractivity contribution in [3.05, 3.63) is 54.6 Å². The van der Waals surface area contributed by atoms with E-state index in [0.717, 1.165) is 10.6 Å². The van der Waals surface area contributed by atoms with Crippen molar-refractivity contribution >= 4 is 25.5 Å². The van der Waals surface area contributed by atoms with E-state index >= 15 is 0 Å². The molecule has 0 aromatic heterocycles. The predicted octanol–water partition coefficient (Wildman–Crippen LogP) is 1.92. The highest BCUT2D eigenvalue weighted by Crippen LogP contribution is 2.22. The van der Waals surface area contributed by atoms with E-state index in [1.165, 1.54) is 31.3 Å². The molecule has 2 aromatic carbocycles. The van der Waals surface area contributed by atoms with Gasteiger partial charge in [0.2, 0.25) is 0 Å². The molecule has 0 radical (unpaired) electrons. The lowest BCUT2D eigenvalue weighted by Gasteiger charge is -2.19. The standard InChI is InChI=1S/C14H15NO4S2/c1-15(12-6-4-3-5-7-12)21(18,19)14-10-8-13(9-11-14)20(2,16)17/h3-11H,1-2H3. The molecule has 7 heteroatoms. The lowest BCUT2D eigenvalue weighted by Crippen LogP contribution is -2.26. The first-order chi connectivity index (χ1) is 9.73. The van der Waals surface area contributed by atoms with Gasteiger partial charge >= 0.3 is 0 Å². The molecule has 112 valence electrons. The Morgan fingerprint density at radius 2 is 1.24 bits per heavy atom. The smallest absolute Gasteiger partial charge is 0.264 e. The van der Waals surface area contributed by atoms with Gasteiger partial charge in [-0.15, -0.1) is 0 Å². The van der Waals surface area contributed by atoms with Crippen molar-refractivity contribution < 1.29 is 16.8 Å². The molecule has 0 amide bonds. The van der Waals surface area contributed by atoms with Gasteiger partial charge in [0.05, 0.1) is 15.5 Å². The largest absolute Gasteiger partial charge is 0.269 e. The van der Waals surface area contributed by atoms with Crippen LogP contribution in [0.5, 0.6) is 0 Å². The van der Waals surface area contributed by atoms with E-state index in [9.17, 15) is 16.8 Å². The number of hydrogen-bond donors (Lipinski definition) is 0. The predicted molar refractivity (Wildman–Crippen MR) is 81.6 cm³/mol. The molecule has 0 atom stereocenters. The minimum Gasteiger partial charge on any atom is -0.269 e. The van der Waals surface area contributed by atoms with E-state index < -0.39 is 19.9 Å². The Morgan fingerprint density at radius 3 is 1.71 bits per heavy atom. The molecule has 0 aliphatic rings. The third-order valence-electron chi connectivity index (χ3n) is 3.03. The SMILES string of the molecule is CN(c1ccccc1)S(=O)(=O)c1ccc(S(C)(=O)=O)cc1. The van der Waals surface area contributed by atoms with Crippen LogP contribution in [0.15, 0.2) is 64.4 Å². The van der Waals surface area contributed by atoms with Gasteiger partial charge in [0.15, 0.2) is 9.84 Å². The fraction of sp³-hybridized carbons (Fsp3) is 0.143. The second-order valence-electron chi connectivity index (χ2n) is 4.55. The van der Waals surface area contributed by atoms with E-state index in [1.807, 2.05) is 0 Å². The van der Waals surface area contributed by atoms with Crippen molar-refractivity contribution in [2.75, 3.05) is 17.6 Å². The van der Waals surface area contributed by atoms with Crippen LogP contribution < -0.4 is 4.31 Å². The summed E-state index contributed by atoms with van der Waals surface area (Å²) in [6, 6.07) is 13.8. The molecule has 0 heterocycles. The number of nitrogens with zero attached hydrogens (tertiary/aromatic N) is 1. The zero-order valence-corrected chi connectivity index (χ0v) is 13.2. The Morgan fingerprint density at radius 1 is 0.762 bits per heavy atom. The first-order valence-electron chi connectivity index (χ1n) is 6.07. The Labute approximate surface area is 124 Å². The fourth-order valence-corrected chi connectivity index (χ4v) is 3.62.